The second kappa shape index (κ2) is 2.29. The molecule has 0 fully saturated rings. The molecule has 62 valence electrons. The molecule has 0 atom stereocenters. The zero-order chi connectivity index (χ0) is 8.67. The maximum atomic E-state index is 4.20. The van der Waals surface area contributed by atoms with Crippen LogP contribution in [0.15, 0.2) is 30.7 Å². The molecule has 0 aromatic carbocycles. The lowest BCUT2D eigenvalue weighted by Gasteiger charge is -2.11. The number of rotatable bonds is 0. The Labute approximate surface area is 75.1 Å². The summed E-state index contributed by atoms with van der Waals surface area (Å²) in [5, 5.41) is 4.27. The lowest BCUT2D eigenvalue weighted by Crippen LogP contribution is -1.97. The van der Waals surface area contributed by atoms with Crippen LogP contribution in [0, 0.1) is 0 Å². The Balaban J connectivity index is 2.56. The Hall–Kier alpha value is -1.90. The number of hydrogen-bond acceptors (Lipinski definition) is 3. The minimum absolute atomic E-state index is 0.798. The molecule has 0 saturated carbocycles. The molecule has 3 nitrogen and oxygen atoms in total. The normalized spacial score (nSPS) is 12.9. The van der Waals surface area contributed by atoms with Crippen molar-refractivity contribution in [2.45, 2.75) is 0 Å². The van der Waals surface area contributed by atoms with E-state index in [2.05, 4.69) is 15.3 Å². The summed E-state index contributed by atoms with van der Waals surface area (Å²) in [6.07, 6.45) is 7.50. The van der Waals surface area contributed by atoms with Gasteiger partial charge in [-0.1, -0.05) is 0 Å². The number of nitrogens with zero attached hydrogens (tertiary/aromatic N) is 2. The van der Waals surface area contributed by atoms with Gasteiger partial charge in [0, 0.05) is 18.6 Å². The van der Waals surface area contributed by atoms with Crippen LogP contribution >= 0.6 is 0 Å². The second-order valence-electron chi connectivity index (χ2n) is 2.93. The molecule has 2 aromatic heterocycles. The van der Waals surface area contributed by atoms with Crippen LogP contribution in [-0.2, 0) is 0 Å². The van der Waals surface area contributed by atoms with E-state index < -0.39 is 0 Å². The largest absolute Gasteiger partial charge is 0.361 e. The van der Waals surface area contributed by atoms with E-state index in [1.165, 1.54) is 5.56 Å². The zero-order valence-electron chi connectivity index (χ0n) is 6.86. The molecule has 0 aliphatic carbocycles. The molecule has 13 heavy (non-hydrogen) atoms. The third kappa shape index (κ3) is 0.839. The number of aromatic nitrogens is 2. The molecule has 0 spiro atoms. The van der Waals surface area contributed by atoms with Crippen LogP contribution in [0.2, 0.25) is 0 Å². The summed E-state index contributed by atoms with van der Waals surface area (Å²) >= 11 is 0. The van der Waals surface area contributed by atoms with Crippen LogP contribution in [0.3, 0.4) is 0 Å². The fourth-order valence-electron chi connectivity index (χ4n) is 1.59. The molecule has 1 aliphatic rings. The van der Waals surface area contributed by atoms with Crippen molar-refractivity contribution in [2.75, 3.05) is 5.32 Å². The zero-order valence-corrected chi connectivity index (χ0v) is 6.86. The van der Waals surface area contributed by atoms with Crippen molar-refractivity contribution in [1.82, 2.24) is 9.97 Å². The van der Waals surface area contributed by atoms with Crippen molar-refractivity contribution >= 4 is 22.8 Å². The summed E-state index contributed by atoms with van der Waals surface area (Å²) in [6, 6.07) is 3.95. The molecule has 3 heterocycles. The molecule has 3 heteroatoms. The molecule has 0 saturated heterocycles. The van der Waals surface area contributed by atoms with E-state index in [9.17, 15) is 0 Å². The highest BCUT2D eigenvalue weighted by molar-refractivity contribution is 5.98. The molecule has 0 bridgehead atoms. The highest BCUT2D eigenvalue weighted by atomic mass is 14.9. The van der Waals surface area contributed by atoms with E-state index in [-0.39, 0.29) is 0 Å². The standard InChI is InChI=1S/C10H7N3/c1-4-11-8-3-6-13-10-9(8)7(1)2-5-12-10/h1-6,11H. The van der Waals surface area contributed by atoms with Crippen molar-refractivity contribution in [3.63, 3.8) is 0 Å². The highest BCUT2D eigenvalue weighted by Crippen LogP contribution is 2.27. The Morgan fingerprint density at radius 2 is 1.92 bits per heavy atom. The molecular formula is C10H7N3. The quantitative estimate of drug-likeness (QED) is 0.655. The maximum absolute atomic E-state index is 4.20. The smallest absolute Gasteiger partial charge is 0.161 e. The monoisotopic (exact) mass is 169 g/mol. The van der Waals surface area contributed by atoms with Crippen LogP contribution in [-0.4, -0.2) is 9.97 Å². The average Bonchev–Trinajstić information content (AvgIpc) is 2.19. The van der Waals surface area contributed by atoms with Gasteiger partial charge in [-0.2, -0.15) is 0 Å². The van der Waals surface area contributed by atoms with Gasteiger partial charge < -0.3 is 5.32 Å². The fourth-order valence-corrected chi connectivity index (χ4v) is 1.59. The molecule has 0 unspecified atom stereocenters. The summed E-state index contributed by atoms with van der Waals surface area (Å²) in [5.74, 6) is 0. The van der Waals surface area contributed by atoms with Crippen LogP contribution < -0.4 is 5.32 Å². The van der Waals surface area contributed by atoms with Crippen molar-refractivity contribution in [1.29, 1.82) is 0 Å². The summed E-state index contributed by atoms with van der Waals surface area (Å²) in [7, 11) is 0. The SMILES string of the molecule is C1=Cc2ccnc3nccc(c23)N1. The van der Waals surface area contributed by atoms with E-state index >= 15 is 0 Å². The predicted octanol–water partition coefficient (Wildman–Crippen LogP) is 2.03. The number of pyridine rings is 2. The minimum Gasteiger partial charge on any atom is -0.361 e. The Kier molecular flexibility index (Phi) is 1.16. The Morgan fingerprint density at radius 1 is 1.08 bits per heavy atom. The van der Waals surface area contributed by atoms with Crippen molar-refractivity contribution in [3.8, 4) is 0 Å². The topological polar surface area (TPSA) is 37.8 Å². The van der Waals surface area contributed by atoms with Gasteiger partial charge in [-0.3, -0.25) is 0 Å². The van der Waals surface area contributed by atoms with E-state index in [1.807, 2.05) is 24.4 Å². The molecule has 1 aliphatic heterocycles. The third-order valence-corrected chi connectivity index (χ3v) is 2.17. The Morgan fingerprint density at radius 3 is 2.85 bits per heavy atom. The van der Waals surface area contributed by atoms with E-state index in [0.717, 1.165) is 16.7 Å². The summed E-state index contributed by atoms with van der Waals surface area (Å²) in [4.78, 5) is 8.40. The van der Waals surface area contributed by atoms with Crippen LogP contribution in [0.1, 0.15) is 5.56 Å². The Bertz CT molecular complexity index is 497. The van der Waals surface area contributed by atoms with Gasteiger partial charge in [0.1, 0.15) is 0 Å². The van der Waals surface area contributed by atoms with Gasteiger partial charge in [0.25, 0.3) is 0 Å². The number of nitrogens with one attached hydrogen (secondary N) is 1. The van der Waals surface area contributed by atoms with E-state index in [0.29, 0.717) is 0 Å². The third-order valence-electron chi connectivity index (χ3n) is 2.17. The lowest BCUT2D eigenvalue weighted by molar-refractivity contribution is 1.28. The van der Waals surface area contributed by atoms with E-state index in [1.54, 1.807) is 12.4 Å². The van der Waals surface area contributed by atoms with Gasteiger partial charge in [0.05, 0.1) is 11.1 Å². The fraction of sp³-hybridized carbons (Fsp3) is 0. The van der Waals surface area contributed by atoms with Gasteiger partial charge >= 0.3 is 0 Å². The van der Waals surface area contributed by atoms with Gasteiger partial charge in [0.2, 0.25) is 0 Å². The van der Waals surface area contributed by atoms with Crippen LogP contribution in [0.25, 0.3) is 17.1 Å². The predicted molar refractivity (Wildman–Crippen MR) is 52.2 cm³/mol. The first-order chi connectivity index (χ1) is 6.45. The van der Waals surface area contributed by atoms with Crippen molar-refractivity contribution in [3.05, 3.63) is 36.3 Å². The van der Waals surface area contributed by atoms with Crippen LogP contribution in [0.5, 0.6) is 0 Å². The molecule has 3 rings (SSSR count). The summed E-state index contributed by atoms with van der Waals surface area (Å²) in [6.45, 7) is 0. The van der Waals surface area contributed by atoms with E-state index in [4.69, 9.17) is 0 Å². The van der Waals surface area contributed by atoms with Gasteiger partial charge in [-0.05, 0) is 23.8 Å². The molecule has 2 aromatic rings. The first kappa shape index (κ1) is 6.60. The first-order valence-corrected chi connectivity index (χ1v) is 4.12. The highest BCUT2D eigenvalue weighted by Gasteiger charge is 2.08. The number of hydrogen-bond donors (Lipinski definition) is 1. The molecular weight excluding hydrogens is 162 g/mol. The summed E-state index contributed by atoms with van der Waals surface area (Å²) < 4.78 is 0. The molecule has 1 N–H and O–H groups in total. The first-order valence-electron chi connectivity index (χ1n) is 4.12. The summed E-state index contributed by atoms with van der Waals surface area (Å²) in [5.41, 5.74) is 3.05. The molecule has 0 amide bonds. The minimum atomic E-state index is 0.798. The van der Waals surface area contributed by atoms with Crippen molar-refractivity contribution < 1.29 is 0 Å². The number of anilines is 1. The van der Waals surface area contributed by atoms with Gasteiger partial charge in [-0.25, -0.2) is 9.97 Å². The maximum Gasteiger partial charge on any atom is 0.161 e. The van der Waals surface area contributed by atoms with Gasteiger partial charge in [0.15, 0.2) is 5.65 Å². The van der Waals surface area contributed by atoms with Crippen LogP contribution in [0.4, 0.5) is 5.69 Å². The second-order valence-corrected chi connectivity index (χ2v) is 2.93. The average molecular weight is 169 g/mol. The van der Waals surface area contributed by atoms with Crippen molar-refractivity contribution in [2.24, 2.45) is 0 Å². The lowest BCUT2D eigenvalue weighted by atomic mass is 10.1. The molecule has 0 radical (unpaired) electrons. The van der Waals surface area contributed by atoms with Gasteiger partial charge in [-0.15, -0.1) is 0 Å².